The Morgan fingerprint density at radius 2 is 2.35 bits per heavy atom. The minimum absolute atomic E-state index is 0.00280. The third-order valence-electron chi connectivity index (χ3n) is 3.71. The van der Waals surface area contributed by atoms with Gasteiger partial charge in [-0.1, -0.05) is 6.92 Å². The van der Waals surface area contributed by atoms with Gasteiger partial charge in [0.15, 0.2) is 0 Å². The van der Waals surface area contributed by atoms with Crippen molar-refractivity contribution < 1.29 is 14.6 Å². The van der Waals surface area contributed by atoms with Crippen LogP contribution in [0, 0.1) is 0 Å². The van der Waals surface area contributed by atoms with Crippen LogP contribution in [0.4, 0.5) is 0 Å². The van der Waals surface area contributed by atoms with E-state index in [0.29, 0.717) is 12.6 Å². The van der Waals surface area contributed by atoms with Gasteiger partial charge in [0.1, 0.15) is 0 Å². The van der Waals surface area contributed by atoms with Crippen LogP contribution in [-0.4, -0.2) is 49.7 Å². The molecule has 0 radical (unpaired) electrons. The molecule has 1 aliphatic heterocycles. The van der Waals surface area contributed by atoms with E-state index in [9.17, 15) is 5.11 Å². The SMILES string of the molecule is CCC1(C)CC(NC(CO)CCOC)CCO1. The summed E-state index contributed by atoms with van der Waals surface area (Å²) in [5.74, 6) is 0. The van der Waals surface area contributed by atoms with E-state index in [1.54, 1.807) is 7.11 Å². The topological polar surface area (TPSA) is 50.7 Å². The first-order valence-electron chi connectivity index (χ1n) is 6.63. The lowest BCUT2D eigenvalue weighted by Crippen LogP contribution is -2.49. The zero-order chi connectivity index (χ0) is 12.7. The van der Waals surface area contributed by atoms with Crippen LogP contribution in [0.25, 0.3) is 0 Å². The van der Waals surface area contributed by atoms with Gasteiger partial charge < -0.3 is 19.9 Å². The molecule has 0 aromatic carbocycles. The van der Waals surface area contributed by atoms with Gasteiger partial charge in [0, 0.05) is 32.4 Å². The van der Waals surface area contributed by atoms with Crippen LogP contribution in [0.1, 0.15) is 39.5 Å². The summed E-state index contributed by atoms with van der Waals surface area (Å²) >= 11 is 0. The van der Waals surface area contributed by atoms with E-state index in [1.165, 1.54) is 0 Å². The Morgan fingerprint density at radius 1 is 1.59 bits per heavy atom. The van der Waals surface area contributed by atoms with Gasteiger partial charge >= 0.3 is 0 Å². The van der Waals surface area contributed by atoms with E-state index in [-0.39, 0.29) is 18.2 Å². The first-order valence-corrected chi connectivity index (χ1v) is 6.63. The fourth-order valence-corrected chi connectivity index (χ4v) is 2.34. The van der Waals surface area contributed by atoms with Crippen molar-refractivity contribution in [2.75, 3.05) is 26.9 Å². The maximum absolute atomic E-state index is 9.32. The molecule has 102 valence electrons. The average Bonchev–Trinajstić information content (AvgIpc) is 2.34. The van der Waals surface area contributed by atoms with Crippen LogP contribution in [0.15, 0.2) is 0 Å². The summed E-state index contributed by atoms with van der Waals surface area (Å²) in [4.78, 5) is 0. The molecule has 0 spiro atoms. The molecule has 0 aliphatic carbocycles. The van der Waals surface area contributed by atoms with Crippen molar-refractivity contribution in [1.82, 2.24) is 5.32 Å². The number of hydrogen-bond donors (Lipinski definition) is 2. The summed E-state index contributed by atoms with van der Waals surface area (Å²) < 4.78 is 10.9. The quantitative estimate of drug-likeness (QED) is 0.710. The highest BCUT2D eigenvalue weighted by molar-refractivity contribution is 4.87. The Kier molecular flexibility index (Phi) is 6.41. The summed E-state index contributed by atoms with van der Waals surface area (Å²) in [7, 11) is 1.69. The molecular weight excluding hydrogens is 218 g/mol. The molecule has 4 nitrogen and oxygen atoms in total. The monoisotopic (exact) mass is 245 g/mol. The van der Waals surface area contributed by atoms with Crippen LogP contribution < -0.4 is 5.32 Å². The highest BCUT2D eigenvalue weighted by Crippen LogP contribution is 2.27. The van der Waals surface area contributed by atoms with Crippen LogP contribution >= 0.6 is 0 Å². The predicted octanol–water partition coefficient (Wildman–Crippen LogP) is 1.32. The van der Waals surface area contributed by atoms with E-state index < -0.39 is 0 Å². The molecule has 0 aromatic rings. The highest BCUT2D eigenvalue weighted by atomic mass is 16.5. The van der Waals surface area contributed by atoms with Gasteiger partial charge in [0.2, 0.25) is 0 Å². The van der Waals surface area contributed by atoms with Gasteiger partial charge in [-0.05, 0) is 32.6 Å². The summed E-state index contributed by atoms with van der Waals surface area (Å²) in [6.07, 6.45) is 3.94. The molecule has 0 aromatic heterocycles. The minimum atomic E-state index is -0.00280. The van der Waals surface area contributed by atoms with E-state index >= 15 is 0 Å². The molecule has 1 fully saturated rings. The number of rotatable bonds is 7. The number of nitrogens with one attached hydrogen (secondary N) is 1. The second-order valence-electron chi connectivity index (χ2n) is 5.17. The van der Waals surface area contributed by atoms with Gasteiger partial charge in [0.05, 0.1) is 12.2 Å². The molecule has 4 heteroatoms. The van der Waals surface area contributed by atoms with E-state index in [1.807, 2.05) is 0 Å². The van der Waals surface area contributed by atoms with Crippen LogP contribution in [0.2, 0.25) is 0 Å². The molecule has 17 heavy (non-hydrogen) atoms. The number of hydrogen-bond acceptors (Lipinski definition) is 4. The molecule has 1 saturated heterocycles. The largest absolute Gasteiger partial charge is 0.395 e. The second kappa shape index (κ2) is 7.31. The fraction of sp³-hybridized carbons (Fsp3) is 1.00. The normalized spacial score (nSPS) is 31.4. The Labute approximate surface area is 105 Å². The van der Waals surface area contributed by atoms with Gasteiger partial charge in [-0.2, -0.15) is 0 Å². The number of methoxy groups -OCH3 is 1. The maximum atomic E-state index is 9.32. The van der Waals surface area contributed by atoms with Crippen molar-refractivity contribution >= 4 is 0 Å². The zero-order valence-corrected chi connectivity index (χ0v) is 11.4. The Bertz CT molecular complexity index is 213. The van der Waals surface area contributed by atoms with Gasteiger partial charge in [-0.15, -0.1) is 0 Å². The molecular formula is C13H27NO3. The molecule has 0 bridgehead atoms. The standard InChI is InChI=1S/C13H27NO3/c1-4-13(2)9-11(6-8-17-13)14-12(10-15)5-7-16-3/h11-12,14-15H,4-10H2,1-3H3. The zero-order valence-electron chi connectivity index (χ0n) is 11.4. The smallest absolute Gasteiger partial charge is 0.0666 e. The maximum Gasteiger partial charge on any atom is 0.0666 e. The lowest BCUT2D eigenvalue weighted by molar-refractivity contribution is -0.0799. The molecule has 1 aliphatic rings. The lowest BCUT2D eigenvalue weighted by Gasteiger charge is -2.39. The summed E-state index contributed by atoms with van der Waals surface area (Å²) in [5.41, 5.74) is -0.00280. The summed E-state index contributed by atoms with van der Waals surface area (Å²) in [5, 5.41) is 12.8. The molecule has 3 unspecified atom stereocenters. The Hall–Kier alpha value is -0.160. The van der Waals surface area contributed by atoms with E-state index in [2.05, 4.69) is 19.2 Å². The van der Waals surface area contributed by atoms with Crippen molar-refractivity contribution in [3.8, 4) is 0 Å². The van der Waals surface area contributed by atoms with Crippen molar-refractivity contribution in [3.63, 3.8) is 0 Å². The number of aliphatic hydroxyl groups excluding tert-OH is 1. The van der Waals surface area contributed by atoms with E-state index in [0.717, 1.165) is 32.3 Å². The van der Waals surface area contributed by atoms with Crippen LogP contribution in [0.5, 0.6) is 0 Å². The van der Waals surface area contributed by atoms with Crippen LogP contribution in [-0.2, 0) is 9.47 Å². The number of ether oxygens (including phenoxy) is 2. The summed E-state index contributed by atoms with van der Waals surface area (Å²) in [6.45, 7) is 6.00. The van der Waals surface area contributed by atoms with Crippen molar-refractivity contribution in [3.05, 3.63) is 0 Å². The first-order chi connectivity index (χ1) is 8.13. The Morgan fingerprint density at radius 3 is 2.94 bits per heavy atom. The molecule has 1 heterocycles. The third kappa shape index (κ3) is 4.92. The van der Waals surface area contributed by atoms with Crippen molar-refractivity contribution in [2.24, 2.45) is 0 Å². The van der Waals surface area contributed by atoms with Gasteiger partial charge in [-0.25, -0.2) is 0 Å². The van der Waals surface area contributed by atoms with Gasteiger partial charge in [0.25, 0.3) is 0 Å². The van der Waals surface area contributed by atoms with Gasteiger partial charge in [-0.3, -0.25) is 0 Å². The molecule has 1 rings (SSSR count). The molecule has 2 N–H and O–H groups in total. The second-order valence-corrected chi connectivity index (χ2v) is 5.17. The first kappa shape index (κ1) is 14.9. The lowest BCUT2D eigenvalue weighted by atomic mass is 9.89. The number of aliphatic hydroxyl groups is 1. The molecule has 0 saturated carbocycles. The molecule has 3 atom stereocenters. The Balaban J connectivity index is 2.38. The van der Waals surface area contributed by atoms with Crippen molar-refractivity contribution in [2.45, 2.75) is 57.2 Å². The van der Waals surface area contributed by atoms with E-state index in [4.69, 9.17) is 9.47 Å². The third-order valence-corrected chi connectivity index (χ3v) is 3.71. The molecule has 0 amide bonds. The van der Waals surface area contributed by atoms with Crippen LogP contribution in [0.3, 0.4) is 0 Å². The van der Waals surface area contributed by atoms with Crippen molar-refractivity contribution in [1.29, 1.82) is 0 Å². The fourth-order valence-electron chi connectivity index (χ4n) is 2.34. The average molecular weight is 245 g/mol. The summed E-state index contributed by atoms with van der Waals surface area (Å²) in [6, 6.07) is 0.585. The highest BCUT2D eigenvalue weighted by Gasteiger charge is 2.32. The predicted molar refractivity (Wildman–Crippen MR) is 68.2 cm³/mol. The minimum Gasteiger partial charge on any atom is -0.395 e.